The second kappa shape index (κ2) is 3.16. The molecule has 1 heterocycles. The molecule has 2 N–H and O–H groups in total. The highest BCUT2D eigenvalue weighted by molar-refractivity contribution is 6.01. The molecular weight excluding hydrogens is 184 g/mol. The van der Waals surface area contributed by atoms with Crippen molar-refractivity contribution in [2.45, 2.75) is 6.92 Å². The minimum absolute atomic E-state index is 1.00. The third-order valence-corrected chi connectivity index (χ3v) is 2.92. The van der Waals surface area contributed by atoms with Gasteiger partial charge in [0, 0.05) is 18.5 Å². The predicted octanol–water partition coefficient (Wildman–Crippen LogP) is 2.99. The Morgan fingerprint density at radius 2 is 1.80 bits per heavy atom. The molecule has 0 spiro atoms. The van der Waals surface area contributed by atoms with Gasteiger partial charge in [0.25, 0.3) is 0 Å². The molecule has 0 saturated heterocycles. The maximum atomic E-state index is 3.47. The Morgan fingerprint density at radius 1 is 1.00 bits per heavy atom. The van der Waals surface area contributed by atoms with Crippen LogP contribution in [0.1, 0.15) is 5.56 Å². The summed E-state index contributed by atoms with van der Waals surface area (Å²) in [5.41, 5.74) is 3.78. The Kier molecular flexibility index (Phi) is 1.81. The van der Waals surface area contributed by atoms with Crippen LogP contribution in [0.25, 0.3) is 10.8 Å². The van der Waals surface area contributed by atoms with Gasteiger partial charge in [0.2, 0.25) is 0 Å². The lowest BCUT2D eigenvalue weighted by atomic mass is 10.0. The van der Waals surface area contributed by atoms with E-state index in [2.05, 4.69) is 47.9 Å². The summed E-state index contributed by atoms with van der Waals surface area (Å²) >= 11 is 0. The number of anilines is 2. The van der Waals surface area contributed by atoms with Crippen molar-refractivity contribution in [1.82, 2.24) is 0 Å². The molecule has 0 amide bonds. The summed E-state index contributed by atoms with van der Waals surface area (Å²) in [5, 5.41) is 9.50. The van der Waals surface area contributed by atoms with Crippen LogP contribution in [0, 0.1) is 6.92 Å². The van der Waals surface area contributed by atoms with Crippen LogP contribution < -0.4 is 10.6 Å². The highest BCUT2D eigenvalue weighted by Gasteiger charge is 2.10. The molecule has 0 aromatic heterocycles. The fourth-order valence-corrected chi connectivity index (χ4v) is 2.16. The van der Waals surface area contributed by atoms with Crippen LogP contribution in [-0.4, -0.2) is 13.1 Å². The van der Waals surface area contributed by atoms with Crippen LogP contribution in [0.5, 0.6) is 0 Å². The first-order chi connectivity index (χ1) is 7.34. The van der Waals surface area contributed by atoms with Gasteiger partial charge in [0.15, 0.2) is 0 Å². The van der Waals surface area contributed by atoms with Gasteiger partial charge in [-0.15, -0.1) is 0 Å². The van der Waals surface area contributed by atoms with E-state index in [1.165, 1.54) is 27.7 Å². The van der Waals surface area contributed by atoms with E-state index in [9.17, 15) is 0 Å². The molecule has 0 aliphatic carbocycles. The molecule has 3 rings (SSSR count). The molecule has 2 aromatic rings. The number of aryl methyl sites for hydroxylation is 1. The third-order valence-electron chi connectivity index (χ3n) is 2.92. The first-order valence-electron chi connectivity index (χ1n) is 5.36. The molecular formula is C13H14N2. The van der Waals surface area contributed by atoms with Crippen molar-refractivity contribution < 1.29 is 0 Å². The van der Waals surface area contributed by atoms with Crippen LogP contribution in [0.3, 0.4) is 0 Å². The molecule has 1 aliphatic heterocycles. The van der Waals surface area contributed by atoms with Crippen molar-refractivity contribution in [3.05, 3.63) is 35.9 Å². The molecule has 1 aliphatic rings. The van der Waals surface area contributed by atoms with Crippen LogP contribution in [0.4, 0.5) is 11.4 Å². The fourth-order valence-electron chi connectivity index (χ4n) is 2.16. The maximum absolute atomic E-state index is 3.47. The number of nitrogens with one attached hydrogen (secondary N) is 2. The number of fused-ring (bicyclic) bond motifs is 3. The Morgan fingerprint density at radius 3 is 2.73 bits per heavy atom. The molecule has 0 radical (unpaired) electrons. The largest absolute Gasteiger partial charge is 0.382 e. The Balaban J connectivity index is 2.34. The van der Waals surface area contributed by atoms with E-state index in [0.29, 0.717) is 0 Å². The van der Waals surface area contributed by atoms with Gasteiger partial charge in [-0.1, -0.05) is 23.8 Å². The van der Waals surface area contributed by atoms with Gasteiger partial charge in [-0.3, -0.25) is 0 Å². The van der Waals surface area contributed by atoms with Gasteiger partial charge < -0.3 is 10.6 Å². The highest BCUT2D eigenvalue weighted by Crippen LogP contribution is 2.33. The van der Waals surface area contributed by atoms with E-state index in [4.69, 9.17) is 0 Å². The van der Waals surface area contributed by atoms with Gasteiger partial charge in [0.1, 0.15) is 0 Å². The molecule has 0 fully saturated rings. The Bertz CT molecular complexity index is 517. The monoisotopic (exact) mass is 198 g/mol. The zero-order valence-corrected chi connectivity index (χ0v) is 8.80. The molecule has 0 saturated carbocycles. The minimum atomic E-state index is 1.00. The van der Waals surface area contributed by atoms with Crippen LogP contribution >= 0.6 is 0 Å². The summed E-state index contributed by atoms with van der Waals surface area (Å²) in [7, 11) is 0. The van der Waals surface area contributed by atoms with E-state index in [-0.39, 0.29) is 0 Å². The van der Waals surface area contributed by atoms with Crippen LogP contribution in [-0.2, 0) is 0 Å². The lowest BCUT2D eigenvalue weighted by Gasteiger charge is -2.21. The summed E-state index contributed by atoms with van der Waals surface area (Å²) in [4.78, 5) is 0. The Labute approximate surface area is 89.3 Å². The molecule has 0 unspecified atom stereocenters. The lowest BCUT2D eigenvalue weighted by molar-refractivity contribution is 1.05. The third kappa shape index (κ3) is 1.33. The topological polar surface area (TPSA) is 24.1 Å². The summed E-state index contributed by atoms with van der Waals surface area (Å²) in [6, 6.07) is 10.9. The number of rotatable bonds is 0. The zero-order valence-electron chi connectivity index (χ0n) is 8.80. The van der Waals surface area contributed by atoms with Crippen molar-refractivity contribution in [2.75, 3.05) is 23.7 Å². The average molecular weight is 198 g/mol. The summed E-state index contributed by atoms with van der Waals surface area (Å²) in [5.74, 6) is 0. The fraction of sp³-hybridized carbons (Fsp3) is 0.231. The second-order valence-electron chi connectivity index (χ2n) is 4.07. The SMILES string of the molecule is Cc1ccc2ccc3c(c2c1)NCCN3. The lowest BCUT2D eigenvalue weighted by Crippen LogP contribution is -2.20. The molecule has 2 aromatic carbocycles. The number of hydrogen-bond donors (Lipinski definition) is 2. The Hall–Kier alpha value is -1.70. The van der Waals surface area contributed by atoms with E-state index in [1.54, 1.807) is 0 Å². The molecule has 0 atom stereocenters. The van der Waals surface area contributed by atoms with Gasteiger partial charge >= 0.3 is 0 Å². The predicted molar refractivity (Wildman–Crippen MR) is 65.7 cm³/mol. The molecule has 76 valence electrons. The highest BCUT2D eigenvalue weighted by atomic mass is 15.0. The summed E-state index contributed by atoms with van der Waals surface area (Å²) in [6.07, 6.45) is 0. The smallest absolute Gasteiger partial charge is 0.0656 e. The van der Waals surface area contributed by atoms with Gasteiger partial charge in [-0.25, -0.2) is 0 Å². The van der Waals surface area contributed by atoms with Gasteiger partial charge in [-0.2, -0.15) is 0 Å². The molecule has 2 nitrogen and oxygen atoms in total. The van der Waals surface area contributed by atoms with Crippen molar-refractivity contribution in [3.8, 4) is 0 Å². The van der Waals surface area contributed by atoms with Crippen LogP contribution in [0.15, 0.2) is 30.3 Å². The van der Waals surface area contributed by atoms with Crippen molar-refractivity contribution >= 4 is 22.1 Å². The first-order valence-corrected chi connectivity index (χ1v) is 5.36. The molecule has 0 bridgehead atoms. The van der Waals surface area contributed by atoms with Crippen molar-refractivity contribution in [3.63, 3.8) is 0 Å². The van der Waals surface area contributed by atoms with Crippen molar-refractivity contribution in [2.24, 2.45) is 0 Å². The standard InChI is InChI=1S/C13H14N2/c1-9-2-3-10-4-5-12-13(11(10)8-9)15-7-6-14-12/h2-5,8,14-15H,6-7H2,1H3. The quantitative estimate of drug-likeness (QED) is 0.680. The van der Waals surface area contributed by atoms with E-state index in [0.717, 1.165) is 13.1 Å². The van der Waals surface area contributed by atoms with Crippen LogP contribution in [0.2, 0.25) is 0 Å². The number of benzene rings is 2. The summed E-state index contributed by atoms with van der Waals surface area (Å²) < 4.78 is 0. The molecule has 15 heavy (non-hydrogen) atoms. The number of hydrogen-bond acceptors (Lipinski definition) is 2. The first kappa shape index (κ1) is 8.60. The van der Waals surface area contributed by atoms with E-state index in [1.807, 2.05) is 0 Å². The second-order valence-corrected chi connectivity index (χ2v) is 4.07. The van der Waals surface area contributed by atoms with Gasteiger partial charge in [-0.05, 0) is 24.4 Å². The summed E-state index contributed by atoms with van der Waals surface area (Å²) in [6.45, 7) is 4.14. The van der Waals surface area contributed by atoms with Gasteiger partial charge in [0.05, 0.1) is 11.4 Å². The average Bonchev–Trinajstić information content (AvgIpc) is 2.29. The normalized spacial score (nSPS) is 14.2. The minimum Gasteiger partial charge on any atom is -0.382 e. The zero-order chi connectivity index (χ0) is 10.3. The van der Waals surface area contributed by atoms with E-state index >= 15 is 0 Å². The van der Waals surface area contributed by atoms with Crippen molar-refractivity contribution in [1.29, 1.82) is 0 Å². The molecule has 2 heteroatoms. The van der Waals surface area contributed by atoms with E-state index < -0.39 is 0 Å². The maximum Gasteiger partial charge on any atom is 0.0656 e.